The number of hydrogen-bond donors (Lipinski definition) is 4. The molecular weight excluding hydrogens is 395 g/mol. The van der Waals surface area contributed by atoms with Crippen LogP contribution in [0.3, 0.4) is 0 Å². The Kier molecular flexibility index (Phi) is 5.94. The minimum atomic E-state index is -0.487. The van der Waals surface area contributed by atoms with Crippen molar-refractivity contribution in [3.05, 3.63) is 35.5 Å². The number of aromatic amines is 1. The minimum absolute atomic E-state index is 0.0119. The van der Waals surface area contributed by atoms with Crippen molar-refractivity contribution >= 4 is 28.5 Å². The average molecular weight is 419 g/mol. The Morgan fingerprint density at radius 1 is 1.34 bits per heavy atom. The highest BCUT2D eigenvalue weighted by Gasteiger charge is 2.25. The first-order valence-electron chi connectivity index (χ1n) is 9.82. The van der Waals surface area contributed by atoms with Crippen molar-refractivity contribution in [2.75, 3.05) is 11.9 Å². The number of anilines is 1. The number of aliphatic hydroxyl groups is 1. The van der Waals surface area contributed by atoms with Crippen LogP contribution in [0.4, 0.5) is 10.2 Å². The van der Waals surface area contributed by atoms with Crippen molar-refractivity contribution in [2.45, 2.75) is 44.2 Å². The highest BCUT2D eigenvalue weighted by Crippen LogP contribution is 2.31. The molecule has 7 nitrogen and oxygen atoms in total. The third kappa shape index (κ3) is 4.49. The summed E-state index contributed by atoms with van der Waals surface area (Å²) in [6.07, 6.45) is 9.19. The normalized spacial score (nSPS) is 20.7. The van der Waals surface area contributed by atoms with Gasteiger partial charge in [-0.3, -0.25) is 0 Å². The van der Waals surface area contributed by atoms with Crippen molar-refractivity contribution in [1.29, 1.82) is 0 Å². The van der Waals surface area contributed by atoms with Crippen molar-refractivity contribution in [3.63, 3.8) is 0 Å². The van der Waals surface area contributed by atoms with Crippen LogP contribution in [0.2, 0.25) is 5.02 Å². The molecule has 9 heteroatoms. The average Bonchev–Trinajstić information content (AvgIpc) is 3.13. The highest BCUT2D eigenvalue weighted by molar-refractivity contribution is 6.31. The van der Waals surface area contributed by atoms with E-state index in [1.807, 2.05) is 0 Å². The number of H-pyrrole nitrogens is 1. The van der Waals surface area contributed by atoms with Gasteiger partial charge in [-0.1, -0.05) is 24.4 Å². The zero-order valence-corrected chi connectivity index (χ0v) is 16.7. The maximum Gasteiger partial charge on any atom is 0.183 e. The Morgan fingerprint density at radius 3 is 3.03 bits per heavy atom. The highest BCUT2D eigenvalue weighted by atomic mass is 35.5. The number of halogens is 2. The van der Waals surface area contributed by atoms with E-state index in [0.717, 1.165) is 37.5 Å². The summed E-state index contributed by atoms with van der Waals surface area (Å²) in [4.78, 5) is 15.9. The summed E-state index contributed by atoms with van der Waals surface area (Å²) >= 11 is 6.07. The second kappa shape index (κ2) is 8.61. The second-order valence-corrected chi connectivity index (χ2v) is 8.13. The number of aliphatic hydroxyl groups excluding tert-OH is 1. The number of fused-ring (bicyclic) bond motifs is 1. The zero-order valence-electron chi connectivity index (χ0n) is 15.9. The molecule has 1 fully saturated rings. The van der Waals surface area contributed by atoms with Gasteiger partial charge in [0, 0.05) is 35.4 Å². The first-order chi connectivity index (χ1) is 14.0. The lowest BCUT2D eigenvalue weighted by Gasteiger charge is -2.31. The van der Waals surface area contributed by atoms with Crippen molar-refractivity contribution in [3.8, 4) is 11.4 Å². The van der Waals surface area contributed by atoms with Crippen molar-refractivity contribution in [2.24, 2.45) is 11.7 Å². The van der Waals surface area contributed by atoms with Gasteiger partial charge < -0.3 is 21.1 Å². The van der Waals surface area contributed by atoms with E-state index in [1.54, 1.807) is 18.5 Å². The van der Waals surface area contributed by atoms with E-state index >= 15 is 0 Å². The number of nitrogens with zero attached hydrogens (tertiary/aromatic N) is 3. The summed E-state index contributed by atoms with van der Waals surface area (Å²) in [6.45, 7) is -0.0119. The number of rotatable bonds is 6. The summed E-state index contributed by atoms with van der Waals surface area (Å²) < 4.78 is 14.4. The van der Waals surface area contributed by atoms with Gasteiger partial charge in [-0.05, 0) is 31.2 Å². The largest absolute Gasteiger partial charge is 0.395 e. The van der Waals surface area contributed by atoms with Crippen LogP contribution in [0.15, 0.2) is 24.7 Å². The van der Waals surface area contributed by atoms with Gasteiger partial charge in [0.05, 0.1) is 17.8 Å². The zero-order chi connectivity index (χ0) is 20.4. The molecule has 29 heavy (non-hydrogen) atoms. The van der Waals surface area contributed by atoms with Crippen LogP contribution in [-0.2, 0) is 0 Å². The molecule has 0 aromatic carbocycles. The molecule has 1 saturated carbocycles. The Morgan fingerprint density at radius 2 is 2.21 bits per heavy atom. The molecule has 5 N–H and O–H groups in total. The van der Waals surface area contributed by atoms with Crippen molar-refractivity contribution < 1.29 is 9.50 Å². The van der Waals surface area contributed by atoms with E-state index in [2.05, 4.69) is 25.3 Å². The van der Waals surface area contributed by atoms with Crippen LogP contribution in [0, 0.1) is 11.7 Å². The number of nitrogens with one attached hydrogen (secondary N) is 2. The molecule has 154 valence electrons. The molecule has 3 aromatic heterocycles. The van der Waals surface area contributed by atoms with Crippen LogP contribution >= 0.6 is 11.6 Å². The van der Waals surface area contributed by atoms with Crippen molar-refractivity contribution in [1.82, 2.24) is 19.9 Å². The number of aromatic nitrogens is 4. The molecule has 0 amide bonds. The summed E-state index contributed by atoms with van der Waals surface area (Å²) in [5.74, 6) is 0.517. The van der Waals surface area contributed by atoms with Gasteiger partial charge in [-0.2, -0.15) is 0 Å². The smallest absolute Gasteiger partial charge is 0.183 e. The van der Waals surface area contributed by atoms with Gasteiger partial charge >= 0.3 is 0 Å². The lowest BCUT2D eigenvalue weighted by molar-refractivity contribution is 0.223. The van der Waals surface area contributed by atoms with E-state index in [0.29, 0.717) is 28.0 Å². The molecule has 1 aliphatic carbocycles. The van der Waals surface area contributed by atoms with E-state index in [9.17, 15) is 9.50 Å². The second-order valence-electron chi connectivity index (χ2n) is 7.69. The van der Waals surface area contributed by atoms with Crippen LogP contribution in [0.1, 0.15) is 32.1 Å². The Hall–Kier alpha value is -2.29. The lowest BCUT2D eigenvalue weighted by atomic mass is 9.82. The fourth-order valence-electron chi connectivity index (χ4n) is 4.09. The molecule has 0 radical (unpaired) electrons. The fraction of sp³-hybridized carbons (Fsp3) is 0.450. The predicted molar refractivity (Wildman–Crippen MR) is 111 cm³/mol. The molecular formula is C20H24ClFN6O. The summed E-state index contributed by atoms with van der Waals surface area (Å²) in [5, 5.41) is 13.7. The number of pyridine rings is 1. The van der Waals surface area contributed by atoms with E-state index in [-0.39, 0.29) is 24.5 Å². The van der Waals surface area contributed by atoms with Gasteiger partial charge in [0.25, 0.3) is 0 Å². The molecule has 0 saturated heterocycles. The fourth-order valence-corrected chi connectivity index (χ4v) is 4.25. The summed E-state index contributed by atoms with van der Waals surface area (Å²) in [6, 6.07) is 1.69. The third-order valence-electron chi connectivity index (χ3n) is 5.48. The first kappa shape index (κ1) is 20.0. The lowest BCUT2D eigenvalue weighted by Crippen LogP contribution is -2.33. The predicted octanol–water partition coefficient (Wildman–Crippen LogP) is 3.49. The minimum Gasteiger partial charge on any atom is -0.395 e. The molecule has 0 spiro atoms. The molecule has 3 aromatic rings. The van der Waals surface area contributed by atoms with Crippen LogP contribution < -0.4 is 11.1 Å². The summed E-state index contributed by atoms with van der Waals surface area (Å²) in [7, 11) is 0. The SMILES string of the molecule is NC(CO)CC1CCCC(Nc2nc(-c3c[nH]c4ncc(Cl)cc34)ncc2F)C1. The van der Waals surface area contributed by atoms with Crippen LogP contribution in [0.5, 0.6) is 0 Å². The Labute approximate surface area is 172 Å². The third-order valence-corrected chi connectivity index (χ3v) is 5.68. The van der Waals surface area contributed by atoms with E-state index < -0.39 is 5.82 Å². The maximum absolute atomic E-state index is 14.4. The van der Waals surface area contributed by atoms with E-state index in [1.165, 1.54) is 6.20 Å². The molecule has 0 aliphatic heterocycles. The van der Waals surface area contributed by atoms with Gasteiger partial charge in [-0.25, -0.2) is 19.3 Å². The summed E-state index contributed by atoms with van der Waals surface area (Å²) in [5.41, 5.74) is 7.27. The number of hydrogen-bond acceptors (Lipinski definition) is 6. The van der Waals surface area contributed by atoms with Crippen LogP contribution in [0.25, 0.3) is 22.4 Å². The molecule has 4 rings (SSSR count). The monoisotopic (exact) mass is 418 g/mol. The molecule has 3 unspecified atom stereocenters. The molecule has 3 heterocycles. The Bertz CT molecular complexity index is 996. The van der Waals surface area contributed by atoms with Gasteiger partial charge in [-0.15, -0.1) is 0 Å². The van der Waals surface area contributed by atoms with Gasteiger partial charge in [0.15, 0.2) is 17.5 Å². The van der Waals surface area contributed by atoms with Gasteiger partial charge in [0.2, 0.25) is 0 Å². The molecule has 1 aliphatic rings. The van der Waals surface area contributed by atoms with E-state index in [4.69, 9.17) is 17.3 Å². The standard InChI is InChI=1S/C20H24ClFN6O/c21-12-6-15-16(8-25-18(15)24-7-12)19-26-9-17(22)20(28-19)27-14-3-1-2-11(5-14)4-13(23)10-29/h6-9,11,13-14,29H,1-5,10,23H2,(H,24,25)(H,26,27,28). The molecule has 0 bridgehead atoms. The first-order valence-corrected chi connectivity index (χ1v) is 10.2. The van der Waals surface area contributed by atoms with Crippen LogP contribution in [-0.4, -0.2) is 43.7 Å². The maximum atomic E-state index is 14.4. The topological polar surface area (TPSA) is 113 Å². The van der Waals surface area contributed by atoms with Gasteiger partial charge in [0.1, 0.15) is 5.65 Å². The quantitative estimate of drug-likeness (QED) is 0.487. The number of nitrogens with two attached hydrogens (primary N) is 1. The molecule has 3 atom stereocenters. The Balaban J connectivity index is 1.55.